The number of halogens is 2. The lowest BCUT2D eigenvalue weighted by Crippen LogP contribution is -1.96. The molecule has 1 aromatic carbocycles. The van der Waals surface area contributed by atoms with Gasteiger partial charge in [0.2, 0.25) is 0 Å². The number of aryl methyl sites for hydroxylation is 1. The molecule has 1 N–H and O–H groups in total. The van der Waals surface area contributed by atoms with E-state index in [4.69, 9.17) is 11.6 Å². The van der Waals surface area contributed by atoms with Crippen LogP contribution in [0.5, 0.6) is 0 Å². The zero-order valence-electron chi connectivity index (χ0n) is 8.67. The lowest BCUT2D eigenvalue weighted by atomic mass is 10.2. The van der Waals surface area contributed by atoms with Crippen molar-refractivity contribution in [3.05, 3.63) is 52.9 Å². The van der Waals surface area contributed by atoms with Crippen molar-refractivity contribution in [2.24, 2.45) is 0 Å². The molecule has 0 saturated heterocycles. The summed E-state index contributed by atoms with van der Waals surface area (Å²) in [6, 6.07) is 8.20. The molecule has 0 bridgehead atoms. The van der Waals surface area contributed by atoms with Crippen LogP contribution in [0.15, 0.2) is 36.5 Å². The first-order valence-electron chi connectivity index (χ1n) is 4.80. The fourth-order valence-electron chi connectivity index (χ4n) is 1.33. The molecule has 1 aromatic heterocycles. The van der Waals surface area contributed by atoms with Gasteiger partial charge in [0.05, 0.1) is 5.69 Å². The van der Waals surface area contributed by atoms with Gasteiger partial charge in [0.15, 0.2) is 0 Å². The SMILES string of the molecule is Cc1ccnc(Nc2ccc(Cl)cc2F)c1. The topological polar surface area (TPSA) is 24.9 Å². The molecule has 82 valence electrons. The Hall–Kier alpha value is -1.61. The smallest absolute Gasteiger partial charge is 0.148 e. The summed E-state index contributed by atoms with van der Waals surface area (Å²) in [5, 5.41) is 3.27. The predicted molar refractivity (Wildman–Crippen MR) is 63.7 cm³/mol. The maximum Gasteiger partial charge on any atom is 0.148 e. The quantitative estimate of drug-likeness (QED) is 0.855. The normalized spacial score (nSPS) is 10.2. The van der Waals surface area contributed by atoms with Gasteiger partial charge in [-0.1, -0.05) is 11.6 Å². The molecule has 0 aliphatic carbocycles. The summed E-state index contributed by atoms with van der Waals surface area (Å²) in [5.74, 6) is 0.219. The Kier molecular flexibility index (Phi) is 3.06. The average Bonchev–Trinajstić information content (AvgIpc) is 2.22. The third kappa shape index (κ3) is 2.49. The largest absolute Gasteiger partial charge is 0.338 e. The number of hydrogen-bond acceptors (Lipinski definition) is 2. The minimum absolute atomic E-state index is 0.363. The molecule has 2 nitrogen and oxygen atoms in total. The number of hydrogen-bond donors (Lipinski definition) is 1. The van der Waals surface area contributed by atoms with Crippen LogP contribution in [-0.4, -0.2) is 4.98 Å². The van der Waals surface area contributed by atoms with E-state index in [0.717, 1.165) is 5.56 Å². The van der Waals surface area contributed by atoms with Gasteiger partial charge in [-0.05, 0) is 42.8 Å². The molecule has 16 heavy (non-hydrogen) atoms. The zero-order chi connectivity index (χ0) is 11.5. The Labute approximate surface area is 98.1 Å². The molecule has 0 atom stereocenters. The summed E-state index contributed by atoms with van der Waals surface area (Å²) >= 11 is 5.66. The number of benzene rings is 1. The van der Waals surface area contributed by atoms with Gasteiger partial charge in [0.1, 0.15) is 11.6 Å². The van der Waals surface area contributed by atoms with Crippen molar-refractivity contribution in [2.75, 3.05) is 5.32 Å². The number of nitrogens with one attached hydrogen (secondary N) is 1. The van der Waals surface area contributed by atoms with E-state index in [1.807, 2.05) is 19.1 Å². The average molecular weight is 237 g/mol. The fraction of sp³-hybridized carbons (Fsp3) is 0.0833. The van der Waals surface area contributed by atoms with Crippen molar-refractivity contribution >= 4 is 23.1 Å². The van der Waals surface area contributed by atoms with Crippen molar-refractivity contribution in [1.82, 2.24) is 4.98 Å². The highest BCUT2D eigenvalue weighted by Gasteiger charge is 2.03. The van der Waals surface area contributed by atoms with E-state index in [2.05, 4.69) is 10.3 Å². The molecule has 0 aliphatic heterocycles. The van der Waals surface area contributed by atoms with Crippen molar-refractivity contribution in [1.29, 1.82) is 0 Å². The lowest BCUT2D eigenvalue weighted by Gasteiger charge is -2.07. The number of pyridine rings is 1. The molecule has 0 spiro atoms. The van der Waals surface area contributed by atoms with E-state index < -0.39 is 5.82 Å². The summed E-state index contributed by atoms with van der Waals surface area (Å²) in [4.78, 5) is 4.09. The molecule has 2 aromatic rings. The van der Waals surface area contributed by atoms with Crippen molar-refractivity contribution in [3.8, 4) is 0 Å². The van der Waals surface area contributed by atoms with E-state index >= 15 is 0 Å². The minimum Gasteiger partial charge on any atom is -0.338 e. The highest BCUT2D eigenvalue weighted by Crippen LogP contribution is 2.22. The van der Waals surface area contributed by atoms with Gasteiger partial charge in [-0.25, -0.2) is 9.37 Å². The summed E-state index contributed by atoms with van der Waals surface area (Å²) < 4.78 is 13.5. The first-order chi connectivity index (χ1) is 7.65. The number of aromatic nitrogens is 1. The van der Waals surface area contributed by atoms with Gasteiger partial charge in [0, 0.05) is 11.2 Å². The van der Waals surface area contributed by atoms with E-state index in [1.54, 1.807) is 18.3 Å². The van der Waals surface area contributed by atoms with Crippen LogP contribution in [0.4, 0.5) is 15.9 Å². The van der Waals surface area contributed by atoms with E-state index in [-0.39, 0.29) is 0 Å². The Morgan fingerprint density at radius 2 is 2.06 bits per heavy atom. The molecule has 0 saturated carbocycles. The molecule has 4 heteroatoms. The second kappa shape index (κ2) is 4.49. The minimum atomic E-state index is -0.393. The van der Waals surface area contributed by atoms with Crippen LogP contribution in [-0.2, 0) is 0 Å². The van der Waals surface area contributed by atoms with Gasteiger partial charge in [-0.3, -0.25) is 0 Å². The first kappa shape index (κ1) is 10.9. The highest BCUT2D eigenvalue weighted by molar-refractivity contribution is 6.30. The third-order valence-corrected chi connectivity index (χ3v) is 2.34. The highest BCUT2D eigenvalue weighted by atomic mass is 35.5. The molecule has 2 rings (SSSR count). The molecule has 0 unspecified atom stereocenters. The predicted octanol–water partition coefficient (Wildman–Crippen LogP) is 3.93. The number of nitrogens with zero attached hydrogens (tertiary/aromatic N) is 1. The van der Waals surface area contributed by atoms with Gasteiger partial charge < -0.3 is 5.32 Å². The van der Waals surface area contributed by atoms with E-state index in [0.29, 0.717) is 16.5 Å². The summed E-state index contributed by atoms with van der Waals surface area (Å²) in [6.07, 6.45) is 1.67. The Morgan fingerprint density at radius 3 is 2.75 bits per heavy atom. The molecular weight excluding hydrogens is 227 g/mol. The van der Waals surface area contributed by atoms with Crippen LogP contribution in [0.1, 0.15) is 5.56 Å². The lowest BCUT2D eigenvalue weighted by molar-refractivity contribution is 0.632. The number of rotatable bonds is 2. The first-order valence-corrected chi connectivity index (χ1v) is 5.18. The standard InChI is InChI=1S/C12H10ClFN2/c1-8-4-5-15-12(6-8)16-11-3-2-9(13)7-10(11)14/h2-7H,1H3,(H,15,16). The molecule has 0 aliphatic rings. The third-order valence-electron chi connectivity index (χ3n) is 2.11. The number of anilines is 2. The van der Waals surface area contributed by atoms with Crippen LogP contribution in [0, 0.1) is 12.7 Å². The Morgan fingerprint density at radius 1 is 1.25 bits per heavy atom. The Bertz CT molecular complexity index is 514. The van der Waals surface area contributed by atoms with E-state index in [9.17, 15) is 4.39 Å². The van der Waals surface area contributed by atoms with Crippen LogP contribution < -0.4 is 5.32 Å². The summed E-state index contributed by atoms with van der Waals surface area (Å²) in [5.41, 5.74) is 1.43. The van der Waals surface area contributed by atoms with Crippen LogP contribution >= 0.6 is 11.6 Å². The van der Waals surface area contributed by atoms with Crippen molar-refractivity contribution < 1.29 is 4.39 Å². The van der Waals surface area contributed by atoms with Crippen molar-refractivity contribution in [3.63, 3.8) is 0 Å². The van der Waals surface area contributed by atoms with Gasteiger partial charge in [-0.2, -0.15) is 0 Å². The van der Waals surface area contributed by atoms with Gasteiger partial charge in [0.25, 0.3) is 0 Å². The molecule has 0 fully saturated rings. The molecule has 1 heterocycles. The monoisotopic (exact) mass is 236 g/mol. The van der Waals surface area contributed by atoms with Gasteiger partial charge in [-0.15, -0.1) is 0 Å². The Balaban J connectivity index is 2.27. The molecule has 0 radical (unpaired) electrons. The van der Waals surface area contributed by atoms with E-state index in [1.165, 1.54) is 6.07 Å². The summed E-state index contributed by atoms with van der Waals surface area (Å²) in [6.45, 7) is 1.95. The molecule has 0 amide bonds. The van der Waals surface area contributed by atoms with Crippen LogP contribution in [0.25, 0.3) is 0 Å². The van der Waals surface area contributed by atoms with Gasteiger partial charge >= 0.3 is 0 Å². The maximum atomic E-state index is 13.5. The second-order valence-corrected chi connectivity index (χ2v) is 3.90. The van der Waals surface area contributed by atoms with Crippen molar-refractivity contribution in [2.45, 2.75) is 6.92 Å². The summed E-state index contributed by atoms with van der Waals surface area (Å²) in [7, 11) is 0. The van der Waals surface area contributed by atoms with Crippen LogP contribution in [0.2, 0.25) is 5.02 Å². The fourth-order valence-corrected chi connectivity index (χ4v) is 1.49. The second-order valence-electron chi connectivity index (χ2n) is 3.47. The zero-order valence-corrected chi connectivity index (χ0v) is 9.42. The molecular formula is C12H10ClFN2. The maximum absolute atomic E-state index is 13.5. The van der Waals surface area contributed by atoms with Crippen LogP contribution in [0.3, 0.4) is 0 Å².